The number of rotatable bonds is 8. The van der Waals surface area contributed by atoms with E-state index in [0.717, 1.165) is 64.3 Å². The van der Waals surface area contributed by atoms with E-state index in [1.807, 2.05) is 0 Å². The van der Waals surface area contributed by atoms with Gasteiger partial charge in [-0.25, -0.2) is 18.6 Å². The molecule has 0 atom stereocenters. The normalized spacial score (nSPS) is 19.5. The summed E-state index contributed by atoms with van der Waals surface area (Å²) in [5.74, 6) is 0.316. The molecule has 13 heteroatoms. The Morgan fingerprint density at radius 2 is 1.75 bits per heavy atom. The Kier molecular flexibility index (Phi) is 8.22. The van der Waals surface area contributed by atoms with E-state index in [1.165, 1.54) is 17.1 Å². The average Bonchev–Trinajstić information content (AvgIpc) is 3.27. The lowest BCUT2D eigenvalue weighted by Gasteiger charge is -2.36. The van der Waals surface area contributed by atoms with E-state index in [4.69, 9.17) is 0 Å². The molecule has 2 saturated heterocycles. The van der Waals surface area contributed by atoms with Gasteiger partial charge in [-0.2, -0.15) is 18.3 Å². The number of aldehydes is 1. The molecule has 2 aromatic heterocycles. The van der Waals surface area contributed by atoms with Crippen molar-refractivity contribution in [1.82, 2.24) is 28.4 Å². The van der Waals surface area contributed by atoms with E-state index in [9.17, 15) is 23.1 Å². The largest absolute Gasteiger partial charge is 0.419 e. The van der Waals surface area contributed by atoms with Gasteiger partial charge in [-0.1, -0.05) is 0 Å². The molecular weight excluding hydrogens is 495 g/mol. The summed E-state index contributed by atoms with van der Waals surface area (Å²) >= 11 is 1.71. The van der Waals surface area contributed by atoms with Gasteiger partial charge in [0.25, 0.3) is 0 Å². The molecule has 4 rings (SSSR count). The van der Waals surface area contributed by atoms with E-state index >= 15 is 0 Å². The van der Waals surface area contributed by atoms with Crippen LogP contribution in [0.25, 0.3) is 11.3 Å². The number of nitrogens with zero attached hydrogens (tertiary/aromatic N) is 6. The molecule has 0 radical (unpaired) electrons. The van der Waals surface area contributed by atoms with Crippen molar-refractivity contribution in [3.8, 4) is 11.3 Å². The molecule has 4 heterocycles. The molecule has 0 amide bonds. The molecule has 36 heavy (non-hydrogen) atoms. The summed E-state index contributed by atoms with van der Waals surface area (Å²) in [6.45, 7) is 6.77. The van der Waals surface area contributed by atoms with Crippen LogP contribution in [0.2, 0.25) is 0 Å². The maximum atomic E-state index is 13.7. The highest BCUT2D eigenvalue weighted by Gasteiger charge is 2.36. The number of carbonyl (C=O) groups is 1. The highest BCUT2D eigenvalue weighted by molar-refractivity contribution is 7.94. The topological polar surface area (TPSA) is 99.4 Å². The van der Waals surface area contributed by atoms with Gasteiger partial charge in [0.1, 0.15) is 11.8 Å². The van der Waals surface area contributed by atoms with E-state index < -0.39 is 17.3 Å². The Morgan fingerprint density at radius 3 is 2.33 bits per heavy atom. The first-order chi connectivity index (χ1) is 17.0. The van der Waals surface area contributed by atoms with Crippen molar-refractivity contribution in [2.75, 3.05) is 31.5 Å². The third kappa shape index (κ3) is 7.17. The minimum Gasteiger partial charge on any atom is -0.389 e. The number of hydrogen-bond donors (Lipinski definition) is 2. The van der Waals surface area contributed by atoms with Crippen LogP contribution in [0.15, 0.2) is 18.6 Å². The molecule has 0 unspecified atom stereocenters. The van der Waals surface area contributed by atoms with Crippen LogP contribution in [0.5, 0.6) is 0 Å². The Hall–Kier alpha value is -2.22. The Bertz CT molecular complexity index is 1030. The number of aromatic nitrogens is 4. The van der Waals surface area contributed by atoms with Crippen molar-refractivity contribution in [3.63, 3.8) is 0 Å². The van der Waals surface area contributed by atoms with Crippen molar-refractivity contribution in [2.45, 2.75) is 63.9 Å². The minimum absolute atomic E-state index is 0.0464. The first-order valence-electron chi connectivity index (χ1n) is 12.1. The molecule has 0 bridgehead atoms. The van der Waals surface area contributed by atoms with Gasteiger partial charge >= 0.3 is 6.18 Å². The predicted octanol–water partition coefficient (Wildman–Crippen LogP) is 3.48. The zero-order chi connectivity index (χ0) is 25.9. The summed E-state index contributed by atoms with van der Waals surface area (Å²) in [7, 11) is 0. The lowest BCUT2D eigenvalue weighted by Crippen LogP contribution is -2.39. The number of piperidine rings is 2. The van der Waals surface area contributed by atoms with Crippen LogP contribution >= 0.6 is 12.1 Å². The molecule has 0 spiro atoms. The average molecular weight is 528 g/mol. The molecule has 2 fully saturated rings. The van der Waals surface area contributed by atoms with Crippen molar-refractivity contribution >= 4 is 24.4 Å². The van der Waals surface area contributed by atoms with Crippen LogP contribution in [-0.2, 0) is 17.5 Å². The quantitative estimate of drug-likeness (QED) is 0.395. The van der Waals surface area contributed by atoms with Crippen LogP contribution < -0.4 is 5.32 Å². The third-order valence-electron chi connectivity index (χ3n) is 6.26. The van der Waals surface area contributed by atoms with E-state index in [2.05, 4.69) is 29.0 Å². The van der Waals surface area contributed by atoms with Crippen molar-refractivity contribution in [2.24, 2.45) is 5.92 Å². The van der Waals surface area contributed by atoms with E-state index in [0.29, 0.717) is 0 Å². The van der Waals surface area contributed by atoms with Gasteiger partial charge in [0.05, 0.1) is 24.0 Å². The van der Waals surface area contributed by atoms with Crippen LogP contribution in [-0.4, -0.2) is 77.6 Å². The van der Waals surface area contributed by atoms with Gasteiger partial charge in [-0.3, -0.25) is 4.68 Å². The highest BCUT2D eigenvalue weighted by atomic mass is 32.2. The van der Waals surface area contributed by atoms with Crippen molar-refractivity contribution in [1.29, 1.82) is 0 Å². The first kappa shape index (κ1) is 26.8. The molecule has 0 aromatic carbocycles. The zero-order valence-corrected chi connectivity index (χ0v) is 21.2. The lowest BCUT2D eigenvalue weighted by atomic mass is 10.0. The van der Waals surface area contributed by atoms with Gasteiger partial charge in [0.2, 0.25) is 5.95 Å². The van der Waals surface area contributed by atoms with Crippen LogP contribution in [0.4, 0.5) is 19.1 Å². The van der Waals surface area contributed by atoms with Gasteiger partial charge in [0, 0.05) is 68.2 Å². The lowest BCUT2D eigenvalue weighted by molar-refractivity contribution is -0.137. The summed E-state index contributed by atoms with van der Waals surface area (Å²) in [5.41, 5.74) is -2.02. The highest BCUT2D eigenvalue weighted by Crippen LogP contribution is 2.36. The number of nitrogens with one attached hydrogen (secondary N) is 1. The molecular formula is C23H32F3N7O2S. The second-order valence-electron chi connectivity index (χ2n) is 10.0. The minimum atomic E-state index is -4.62. The third-order valence-corrected chi connectivity index (χ3v) is 7.45. The van der Waals surface area contributed by atoms with Crippen LogP contribution in [0.1, 0.15) is 45.1 Å². The molecule has 2 aliphatic heterocycles. The Morgan fingerprint density at radius 1 is 1.11 bits per heavy atom. The second kappa shape index (κ2) is 11.0. The number of anilines is 1. The summed E-state index contributed by atoms with van der Waals surface area (Å²) < 4.78 is 47.0. The monoisotopic (exact) mass is 527 g/mol. The number of carbonyl (C=O) groups excluding carboxylic acids is 1. The summed E-state index contributed by atoms with van der Waals surface area (Å²) in [6, 6.07) is 0.0464. The maximum Gasteiger partial charge on any atom is 0.419 e. The Labute approximate surface area is 212 Å². The SMILES string of the molecule is CC(C)(O)Cn1cc(-c2nc(NC3CCN(SN4CCC(C=O)CC4)CC3)ncc2C(F)(F)F)cn1. The summed E-state index contributed by atoms with van der Waals surface area (Å²) in [5, 5.41) is 17.3. The molecule has 2 N–H and O–H groups in total. The first-order valence-corrected chi connectivity index (χ1v) is 12.8. The molecule has 0 saturated carbocycles. The smallest absolute Gasteiger partial charge is 0.389 e. The van der Waals surface area contributed by atoms with Crippen molar-refractivity contribution < 1.29 is 23.1 Å². The van der Waals surface area contributed by atoms with Crippen LogP contribution in [0.3, 0.4) is 0 Å². The molecule has 198 valence electrons. The standard InChI is InChI=1S/C23H32F3N7O2S/c1-22(2,35)15-31-13-17(11-28-31)20-19(23(24,25)26)12-27-21(30-20)29-18-5-9-33(10-6-18)36-32-7-3-16(14-34)4-8-32/h11-14,16,18,35H,3-10,15H2,1-2H3,(H,27,29,30). The molecule has 2 aliphatic rings. The van der Waals surface area contributed by atoms with E-state index in [-0.39, 0.29) is 35.7 Å². The maximum absolute atomic E-state index is 13.7. The van der Waals surface area contributed by atoms with Gasteiger partial charge in [-0.05, 0) is 39.5 Å². The molecule has 0 aliphatic carbocycles. The predicted molar refractivity (Wildman–Crippen MR) is 131 cm³/mol. The van der Waals surface area contributed by atoms with E-state index in [1.54, 1.807) is 26.0 Å². The molecule has 9 nitrogen and oxygen atoms in total. The second-order valence-corrected chi connectivity index (χ2v) is 11.2. The van der Waals surface area contributed by atoms with Crippen molar-refractivity contribution in [3.05, 3.63) is 24.2 Å². The number of hydrogen-bond acceptors (Lipinski definition) is 9. The van der Waals surface area contributed by atoms with Gasteiger partial charge < -0.3 is 15.2 Å². The fourth-order valence-corrected chi connectivity index (χ4v) is 5.44. The van der Waals surface area contributed by atoms with Crippen LogP contribution in [0, 0.1) is 5.92 Å². The number of aliphatic hydroxyl groups is 1. The fourth-order valence-electron chi connectivity index (χ4n) is 4.37. The van der Waals surface area contributed by atoms with Gasteiger partial charge in [-0.15, -0.1) is 0 Å². The number of alkyl halides is 3. The zero-order valence-electron chi connectivity index (χ0n) is 20.4. The Balaban J connectivity index is 1.39. The fraction of sp³-hybridized carbons (Fsp3) is 0.652. The molecule has 2 aromatic rings. The number of halogens is 3. The summed E-state index contributed by atoms with van der Waals surface area (Å²) in [6.07, 6.45) is 3.41. The summed E-state index contributed by atoms with van der Waals surface area (Å²) in [4.78, 5) is 19.1. The van der Waals surface area contributed by atoms with Gasteiger partial charge in [0.15, 0.2) is 0 Å².